The fraction of sp³-hybridized carbons (Fsp3) is 0.0769. The summed E-state index contributed by atoms with van der Waals surface area (Å²) in [5.41, 5.74) is 2.64. The van der Waals surface area contributed by atoms with Crippen LogP contribution in [-0.2, 0) is 0 Å². The minimum absolute atomic E-state index is 0.0563. The van der Waals surface area contributed by atoms with Crippen molar-refractivity contribution >= 4 is 0 Å². The second-order valence-corrected chi connectivity index (χ2v) is 3.44. The zero-order valence-corrected chi connectivity index (χ0v) is 8.74. The van der Waals surface area contributed by atoms with Crippen molar-refractivity contribution in [2.24, 2.45) is 0 Å². The smallest absolute Gasteiger partial charge is 0.140 e. The maximum absolute atomic E-state index is 13.1. The zero-order valence-electron chi connectivity index (χ0n) is 8.74. The standard InChI is InChI=1S/C13H9FN2/c1-9-12(3-2-6-16-9)10-4-5-13(14)11(7-10)8-15/h2-7H,1H3. The van der Waals surface area contributed by atoms with Crippen molar-refractivity contribution < 1.29 is 4.39 Å². The largest absolute Gasteiger partial charge is 0.261 e. The van der Waals surface area contributed by atoms with E-state index < -0.39 is 5.82 Å². The molecule has 1 heterocycles. The number of halogens is 1. The van der Waals surface area contributed by atoms with Crippen molar-refractivity contribution in [1.82, 2.24) is 4.98 Å². The first kappa shape index (κ1) is 10.3. The zero-order chi connectivity index (χ0) is 11.5. The number of aryl methyl sites for hydroxylation is 1. The molecule has 0 aliphatic rings. The Hall–Kier alpha value is -2.21. The van der Waals surface area contributed by atoms with E-state index in [4.69, 9.17) is 5.26 Å². The molecule has 16 heavy (non-hydrogen) atoms. The van der Waals surface area contributed by atoms with E-state index in [0.29, 0.717) is 0 Å². The lowest BCUT2D eigenvalue weighted by atomic mass is 10.0. The third kappa shape index (κ3) is 1.78. The van der Waals surface area contributed by atoms with Crippen LogP contribution in [0, 0.1) is 24.1 Å². The van der Waals surface area contributed by atoms with Crippen LogP contribution in [0.5, 0.6) is 0 Å². The van der Waals surface area contributed by atoms with Gasteiger partial charge in [0.1, 0.15) is 11.9 Å². The molecule has 2 nitrogen and oxygen atoms in total. The highest BCUT2D eigenvalue weighted by Crippen LogP contribution is 2.23. The lowest BCUT2D eigenvalue weighted by Gasteiger charge is -2.05. The van der Waals surface area contributed by atoms with Gasteiger partial charge >= 0.3 is 0 Å². The maximum atomic E-state index is 13.1. The first-order chi connectivity index (χ1) is 7.72. The van der Waals surface area contributed by atoms with Crippen LogP contribution >= 0.6 is 0 Å². The summed E-state index contributed by atoms with van der Waals surface area (Å²) in [6.07, 6.45) is 1.70. The normalized spacial score (nSPS) is 9.81. The second-order valence-electron chi connectivity index (χ2n) is 3.44. The van der Waals surface area contributed by atoms with Gasteiger partial charge in [0.15, 0.2) is 0 Å². The molecule has 0 atom stereocenters. The van der Waals surface area contributed by atoms with E-state index in [1.54, 1.807) is 18.3 Å². The molecule has 2 aromatic rings. The number of aromatic nitrogens is 1. The maximum Gasteiger partial charge on any atom is 0.140 e. The summed E-state index contributed by atoms with van der Waals surface area (Å²) < 4.78 is 13.1. The lowest BCUT2D eigenvalue weighted by Crippen LogP contribution is -1.89. The topological polar surface area (TPSA) is 36.7 Å². The monoisotopic (exact) mass is 212 g/mol. The molecule has 0 N–H and O–H groups in total. The van der Waals surface area contributed by atoms with E-state index in [1.807, 2.05) is 25.1 Å². The molecule has 3 heteroatoms. The second kappa shape index (κ2) is 4.11. The summed E-state index contributed by atoms with van der Waals surface area (Å²) in [6.45, 7) is 1.88. The number of rotatable bonds is 1. The highest BCUT2D eigenvalue weighted by molar-refractivity contribution is 5.67. The van der Waals surface area contributed by atoms with Crippen molar-refractivity contribution in [3.63, 3.8) is 0 Å². The molecule has 0 unspecified atom stereocenters. The first-order valence-electron chi connectivity index (χ1n) is 4.84. The lowest BCUT2D eigenvalue weighted by molar-refractivity contribution is 0.624. The van der Waals surface area contributed by atoms with Gasteiger partial charge < -0.3 is 0 Å². The summed E-state index contributed by atoms with van der Waals surface area (Å²) in [7, 11) is 0. The van der Waals surface area contributed by atoms with Gasteiger partial charge in [-0.25, -0.2) is 4.39 Å². The molecule has 1 aromatic carbocycles. The molecule has 0 saturated heterocycles. The van der Waals surface area contributed by atoms with Gasteiger partial charge in [-0.2, -0.15) is 5.26 Å². The predicted molar refractivity (Wildman–Crippen MR) is 59.1 cm³/mol. The van der Waals surface area contributed by atoms with Gasteiger partial charge in [-0.15, -0.1) is 0 Å². The summed E-state index contributed by atoms with van der Waals surface area (Å²) in [5, 5.41) is 8.75. The molecular weight excluding hydrogens is 203 g/mol. The number of nitriles is 1. The molecule has 0 fully saturated rings. The number of nitrogens with zero attached hydrogens (tertiary/aromatic N) is 2. The minimum atomic E-state index is -0.493. The van der Waals surface area contributed by atoms with E-state index in [1.165, 1.54) is 6.07 Å². The molecule has 2 rings (SSSR count). The van der Waals surface area contributed by atoms with Crippen LogP contribution in [-0.4, -0.2) is 4.98 Å². The SMILES string of the molecule is Cc1ncccc1-c1ccc(F)c(C#N)c1. The quantitative estimate of drug-likeness (QED) is 0.728. The van der Waals surface area contributed by atoms with Crippen molar-refractivity contribution in [2.45, 2.75) is 6.92 Å². The van der Waals surface area contributed by atoms with Crippen molar-refractivity contribution in [3.05, 3.63) is 53.6 Å². The van der Waals surface area contributed by atoms with Gasteiger partial charge in [-0.3, -0.25) is 4.98 Å². The van der Waals surface area contributed by atoms with Crippen LogP contribution < -0.4 is 0 Å². The fourth-order valence-electron chi connectivity index (χ4n) is 1.57. The third-order valence-corrected chi connectivity index (χ3v) is 2.40. The number of hydrogen-bond donors (Lipinski definition) is 0. The van der Waals surface area contributed by atoms with Crippen LogP contribution in [0.2, 0.25) is 0 Å². The average Bonchev–Trinajstić information content (AvgIpc) is 2.31. The van der Waals surface area contributed by atoms with Gasteiger partial charge in [-0.1, -0.05) is 12.1 Å². The van der Waals surface area contributed by atoms with Gasteiger partial charge in [0.2, 0.25) is 0 Å². The Morgan fingerprint density at radius 3 is 2.81 bits per heavy atom. The van der Waals surface area contributed by atoms with Gasteiger partial charge in [-0.05, 0) is 30.7 Å². The van der Waals surface area contributed by atoms with Crippen molar-refractivity contribution in [2.75, 3.05) is 0 Å². The molecule has 0 radical (unpaired) electrons. The highest BCUT2D eigenvalue weighted by atomic mass is 19.1. The third-order valence-electron chi connectivity index (χ3n) is 2.40. The van der Waals surface area contributed by atoms with Crippen molar-refractivity contribution in [3.8, 4) is 17.2 Å². The van der Waals surface area contributed by atoms with Crippen LogP contribution in [0.25, 0.3) is 11.1 Å². The Morgan fingerprint density at radius 1 is 1.31 bits per heavy atom. The van der Waals surface area contributed by atoms with Crippen molar-refractivity contribution in [1.29, 1.82) is 5.26 Å². The molecule has 0 aliphatic carbocycles. The molecule has 0 saturated carbocycles. The molecule has 0 spiro atoms. The highest BCUT2D eigenvalue weighted by Gasteiger charge is 2.06. The van der Waals surface area contributed by atoms with Crippen LogP contribution in [0.3, 0.4) is 0 Å². The number of hydrogen-bond acceptors (Lipinski definition) is 2. The number of pyridine rings is 1. The van der Waals surface area contributed by atoms with E-state index in [0.717, 1.165) is 16.8 Å². The van der Waals surface area contributed by atoms with E-state index in [9.17, 15) is 4.39 Å². The summed E-state index contributed by atoms with van der Waals surface area (Å²) in [6, 6.07) is 10.0. The van der Waals surface area contributed by atoms with Gasteiger partial charge in [0.25, 0.3) is 0 Å². The van der Waals surface area contributed by atoms with Crippen LogP contribution in [0.4, 0.5) is 4.39 Å². The summed E-state index contributed by atoms with van der Waals surface area (Å²) in [5.74, 6) is -0.493. The van der Waals surface area contributed by atoms with Crippen LogP contribution in [0.1, 0.15) is 11.3 Å². The average molecular weight is 212 g/mol. The summed E-state index contributed by atoms with van der Waals surface area (Å²) in [4.78, 5) is 4.16. The molecule has 0 aliphatic heterocycles. The van der Waals surface area contributed by atoms with Crippen LogP contribution in [0.15, 0.2) is 36.5 Å². The fourth-order valence-corrected chi connectivity index (χ4v) is 1.57. The Kier molecular flexibility index (Phi) is 2.65. The predicted octanol–water partition coefficient (Wildman–Crippen LogP) is 3.07. The van der Waals surface area contributed by atoms with E-state index >= 15 is 0 Å². The minimum Gasteiger partial charge on any atom is -0.261 e. The first-order valence-corrected chi connectivity index (χ1v) is 4.84. The summed E-state index contributed by atoms with van der Waals surface area (Å²) >= 11 is 0. The van der Waals surface area contributed by atoms with E-state index in [2.05, 4.69) is 4.98 Å². The van der Waals surface area contributed by atoms with Gasteiger partial charge in [0.05, 0.1) is 5.56 Å². The Balaban J connectivity index is 2.59. The molecule has 1 aromatic heterocycles. The van der Waals surface area contributed by atoms with Gasteiger partial charge in [0, 0.05) is 17.5 Å². The van der Waals surface area contributed by atoms with E-state index in [-0.39, 0.29) is 5.56 Å². The molecule has 0 amide bonds. The Bertz CT molecular complexity index is 570. The molecule has 0 bridgehead atoms. The number of benzene rings is 1. The molecule has 78 valence electrons. The molecular formula is C13H9FN2. The Morgan fingerprint density at radius 2 is 2.12 bits per heavy atom. The Labute approximate surface area is 93.0 Å².